The van der Waals surface area contributed by atoms with Crippen molar-refractivity contribution in [3.05, 3.63) is 29.2 Å². The molecule has 0 aliphatic heterocycles. The molecule has 0 aliphatic rings. The largest absolute Gasteiger partial charge is 0.315 e. The Bertz CT molecular complexity index is 510. The second kappa shape index (κ2) is 6.68. The standard InChI is InChI=1S/C13H17FN4S/c1-9(2)15-7-3-4-12-17-18-13(19-12)11-6-5-10(14)8-16-11/h5-6,8-9,15H,3-4,7H2,1-2H3. The first-order valence-corrected chi connectivity index (χ1v) is 7.14. The van der Waals surface area contributed by atoms with Crippen LogP contribution in [0, 0.1) is 5.82 Å². The zero-order chi connectivity index (χ0) is 13.7. The van der Waals surface area contributed by atoms with Crippen molar-refractivity contribution in [2.24, 2.45) is 0 Å². The summed E-state index contributed by atoms with van der Waals surface area (Å²) in [5.74, 6) is -0.340. The molecule has 0 atom stereocenters. The van der Waals surface area contributed by atoms with Crippen molar-refractivity contribution in [3.63, 3.8) is 0 Å². The van der Waals surface area contributed by atoms with Crippen molar-refractivity contribution in [2.45, 2.75) is 32.7 Å². The SMILES string of the molecule is CC(C)NCCCc1nnc(-c2ccc(F)cn2)s1. The summed E-state index contributed by atoms with van der Waals surface area (Å²) >= 11 is 1.52. The number of hydrogen-bond acceptors (Lipinski definition) is 5. The molecular weight excluding hydrogens is 263 g/mol. The summed E-state index contributed by atoms with van der Waals surface area (Å²) in [6, 6.07) is 3.52. The molecule has 102 valence electrons. The summed E-state index contributed by atoms with van der Waals surface area (Å²) in [6.07, 6.45) is 3.13. The van der Waals surface area contributed by atoms with Gasteiger partial charge in [-0.2, -0.15) is 0 Å². The van der Waals surface area contributed by atoms with Crippen LogP contribution in [0.1, 0.15) is 25.3 Å². The Hall–Kier alpha value is -1.40. The first-order chi connectivity index (χ1) is 9.15. The smallest absolute Gasteiger partial charge is 0.166 e. The number of nitrogens with zero attached hydrogens (tertiary/aromatic N) is 3. The van der Waals surface area contributed by atoms with Gasteiger partial charge in [-0.15, -0.1) is 10.2 Å². The van der Waals surface area contributed by atoms with Gasteiger partial charge < -0.3 is 5.32 Å². The lowest BCUT2D eigenvalue weighted by molar-refractivity contribution is 0.569. The summed E-state index contributed by atoms with van der Waals surface area (Å²) in [5, 5.41) is 13.3. The number of rotatable bonds is 6. The average Bonchev–Trinajstić information content (AvgIpc) is 2.84. The van der Waals surface area contributed by atoms with Crippen molar-refractivity contribution in [1.29, 1.82) is 0 Å². The van der Waals surface area contributed by atoms with Crippen LogP contribution in [0.3, 0.4) is 0 Å². The molecule has 2 heterocycles. The minimum atomic E-state index is -0.340. The number of aromatic nitrogens is 3. The summed E-state index contributed by atoms with van der Waals surface area (Å²) in [6.45, 7) is 5.23. The molecule has 0 bridgehead atoms. The molecule has 6 heteroatoms. The molecular formula is C13H17FN4S. The highest BCUT2D eigenvalue weighted by atomic mass is 32.1. The van der Waals surface area contributed by atoms with Crippen LogP contribution in [0.5, 0.6) is 0 Å². The molecule has 0 unspecified atom stereocenters. The second-order valence-electron chi connectivity index (χ2n) is 4.57. The fraction of sp³-hybridized carbons (Fsp3) is 0.462. The molecule has 0 fully saturated rings. The van der Waals surface area contributed by atoms with E-state index >= 15 is 0 Å². The lowest BCUT2D eigenvalue weighted by Gasteiger charge is -2.05. The van der Waals surface area contributed by atoms with Gasteiger partial charge in [-0.1, -0.05) is 25.2 Å². The van der Waals surface area contributed by atoms with Crippen LogP contribution in [0.4, 0.5) is 4.39 Å². The van der Waals surface area contributed by atoms with E-state index in [0.717, 1.165) is 29.4 Å². The number of pyridine rings is 1. The van der Waals surface area contributed by atoms with Crippen LogP contribution in [0.2, 0.25) is 0 Å². The predicted molar refractivity (Wildman–Crippen MR) is 74.6 cm³/mol. The van der Waals surface area contributed by atoms with E-state index in [9.17, 15) is 4.39 Å². The first-order valence-electron chi connectivity index (χ1n) is 6.33. The van der Waals surface area contributed by atoms with Crippen LogP contribution >= 0.6 is 11.3 Å². The molecule has 0 saturated heterocycles. The third-order valence-electron chi connectivity index (χ3n) is 2.53. The quantitative estimate of drug-likeness (QED) is 0.827. The van der Waals surface area contributed by atoms with Crippen LogP contribution in [-0.2, 0) is 6.42 Å². The van der Waals surface area contributed by atoms with E-state index in [2.05, 4.69) is 34.3 Å². The Morgan fingerprint density at radius 2 is 2.16 bits per heavy atom. The molecule has 0 radical (unpaired) electrons. The van der Waals surface area contributed by atoms with Crippen LogP contribution in [-0.4, -0.2) is 27.8 Å². The normalized spacial score (nSPS) is 11.2. The lowest BCUT2D eigenvalue weighted by Crippen LogP contribution is -2.23. The van der Waals surface area contributed by atoms with Gasteiger partial charge in [-0.05, 0) is 25.1 Å². The molecule has 0 aromatic carbocycles. The average molecular weight is 280 g/mol. The molecule has 4 nitrogen and oxygen atoms in total. The third-order valence-corrected chi connectivity index (χ3v) is 3.54. The van der Waals surface area contributed by atoms with Gasteiger partial charge >= 0.3 is 0 Å². The van der Waals surface area contributed by atoms with E-state index in [4.69, 9.17) is 0 Å². The minimum absolute atomic E-state index is 0.340. The first kappa shape index (κ1) is 14.0. The van der Waals surface area contributed by atoms with Gasteiger partial charge in [0.1, 0.15) is 16.5 Å². The number of aryl methyl sites for hydroxylation is 1. The van der Waals surface area contributed by atoms with E-state index < -0.39 is 0 Å². The van der Waals surface area contributed by atoms with Crippen LogP contribution in [0.15, 0.2) is 18.3 Å². The second-order valence-corrected chi connectivity index (χ2v) is 5.64. The Balaban J connectivity index is 1.90. The summed E-state index contributed by atoms with van der Waals surface area (Å²) in [5.41, 5.74) is 0.672. The highest BCUT2D eigenvalue weighted by Crippen LogP contribution is 2.22. The van der Waals surface area contributed by atoms with Crippen molar-refractivity contribution in [2.75, 3.05) is 6.54 Å². The van der Waals surface area contributed by atoms with Gasteiger partial charge in [0.05, 0.1) is 6.20 Å². The number of hydrogen-bond donors (Lipinski definition) is 1. The highest BCUT2D eigenvalue weighted by molar-refractivity contribution is 7.14. The van der Waals surface area contributed by atoms with E-state index in [1.165, 1.54) is 23.6 Å². The van der Waals surface area contributed by atoms with E-state index in [-0.39, 0.29) is 5.82 Å². The van der Waals surface area contributed by atoms with Crippen LogP contribution < -0.4 is 5.32 Å². The molecule has 19 heavy (non-hydrogen) atoms. The van der Waals surface area contributed by atoms with E-state index in [1.807, 2.05) is 0 Å². The number of nitrogens with one attached hydrogen (secondary N) is 1. The fourth-order valence-electron chi connectivity index (χ4n) is 1.59. The molecule has 0 amide bonds. The van der Waals surface area contributed by atoms with Gasteiger partial charge in [0.15, 0.2) is 5.01 Å². The van der Waals surface area contributed by atoms with Crippen molar-refractivity contribution in [3.8, 4) is 10.7 Å². The molecule has 2 rings (SSSR count). The van der Waals surface area contributed by atoms with Gasteiger partial charge in [0.25, 0.3) is 0 Å². The minimum Gasteiger partial charge on any atom is -0.315 e. The Labute approximate surface area is 116 Å². The molecule has 1 N–H and O–H groups in total. The fourth-order valence-corrected chi connectivity index (χ4v) is 2.45. The summed E-state index contributed by atoms with van der Waals surface area (Å²) < 4.78 is 12.8. The van der Waals surface area contributed by atoms with Crippen molar-refractivity contribution < 1.29 is 4.39 Å². The van der Waals surface area contributed by atoms with Crippen LogP contribution in [0.25, 0.3) is 10.7 Å². The lowest BCUT2D eigenvalue weighted by atomic mass is 10.3. The van der Waals surface area contributed by atoms with Gasteiger partial charge in [-0.3, -0.25) is 4.98 Å². The van der Waals surface area contributed by atoms with Gasteiger partial charge in [0, 0.05) is 12.5 Å². The third kappa shape index (κ3) is 4.33. The Morgan fingerprint density at radius 1 is 1.32 bits per heavy atom. The number of halogens is 1. The summed E-state index contributed by atoms with van der Waals surface area (Å²) in [4.78, 5) is 4.00. The van der Waals surface area contributed by atoms with Gasteiger partial charge in [0.2, 0.25) is 0 Å². The van der Waals surface area contributed by atoms with Crippen molar-refractivity contribution >= 4 is 11.3 Å². The monoisotopic (exact) mass is 280 g/mol. The maximum atomic E-state index is 12.8. The molecule has 2 aromatic rings. The van der Waals surface area contributed by atoms with Gasteiger partial charge in [-0.25, -0.2) is 4.39 Å². The zero-order valence-electron chi connectivity index (χ0n) is 11.1. The van der Waals surface area contributed by atoms with E-state index in [0.29, 0.717) is 11.7 Å². The Kier molecular flexibility index (Phi) is 4.93. The summed E-state index contributed by atoms with van der Waals surface area (Å²) in [7, 11) is 0. The van der Waals surface area contributed by atoms with E-state index in [1.54, 1.807) is 6.07 Å². The Morgan fingerprint density at radius 3 is 2.84 bits per heavy atom. The topological polar surface area (TPSA) is 50.7 Å². The highest BCUT2D eigenvalue weighted by Gasteiger charge is 2.07. The molecule has 0 saturated carbocycles. The maximum absolute atomic E-state index is 12.8. The molecule has 2 aromatic heterocycles. The molecule has 0 spiro atoms. The predicted octanol–water partition coefficient (Wildman–Crippen LogP) is 2.67. The zero-order valence-corrected chi connectivity index (χ0v) is 11.9. The molecule has 0 aliphatic carbocycles. The maximum Gasteiger partial charge on any atom is 0.166 e. The van der Waals surface area contributed by atoms with Crippen molar-refractivity contribution in [1.82, 2.24) is 20.5 Å².